The van der Waals surface area contributed by atoms with Crippen LogP contribution in [0.4, 0.5) is 0 Å². The predicted octanol–water partition coefficient (Wildman–Crippen LogP) is -1.03. The molecule has 0 aromatic heterocycles. The van der Waals surface area contributed by atoms with Crippen molar-refractivity contribution >= 4 is 23.1 Å². The summed E-state index contributed by atoms with van der Waals surface area (Å²) >= 11 is 0. The molecule has 0 rings (SSSR count). The largest absolute Gasteiger partial charge is 3.00 e. The van der Waals surface area contributed by atoms with Crippen LogP contribution in [0.3, 0.4) is 0 Å². The first-order chi connectivity index (χ1) is 6.95. The molecule has 0 aliphatic rings. The third-order valence-corrected chi connectivity index (χ3v) is 0.815. The summed E-state index contributed by atoms with van der Waals surface area (Å²) < 4.78 is 0. The van der Waals surface area contributed by atoms with Gasteiger partial charge in [-0.2, -0.15) is 0 Å². The zero-order valence-electron chi connectivity index (χ0n) is 10.6. The summed E-state index contributed by atoms with van der Waals surface area (Å²) in [4.78, 5) is 9.98. The first-order valence-corrected chi connectivity index (χ1v) is 4.98. The van der Waals surface area contributed by atoms with Crippen molar-refractivity contribution in [2.75, 3.05) is 13.2 Å². The summed E-state index contributed by atoms with van der Waals surface area (Å²) in [5.74, 6) is -0.375. The summed E-state index contributed by atoms with van der Waals surface area (Å²) in [6.45, 7) is 6.57. The molecule has 0 heterocycles. The van der Waals surface area contributed by atoms with Gasteiger partial charge in [0.2, 0.25) is 0 Å². The summed E-state index contributed by atoms with van der Waals surface area (Å²) in [5, 5.41) is 28.6. The Morgan fingerprint density at radius 3 is 1.31 bits per heavy atom. The third kappa shape index (κ3) is 68.3. The van der Waals surface area contributed by atoms with Crippen LogP contribution in [-0.2, 0) is 4.79 Å². The molecule has 0 aromatic rings. The van der Waals surface area contributed by atoms with Crippen molar-refractivity contribution in [1.29, 1.82) is 0 Å². The van der Waals surface area contributed by atoms with Crippen molar-refractivity contribution in [3.8, 4) is 0 Å². The molecule has 0 radical (unpaired) electrons. The fourth-order valence-electron chi connectivity index (χ4n) is 0.286. The SMILES string of the molecule is CC(=O)/C=C(/C)[O-].CCC[O-].CCC[O-].[Al+3]. The number of carbonyl (C=O) groups is 1. The molecule has 92 valence electrons. The van der Waals surface area contributed by atoms with Gasteiger partial charge >= 0.3 is 17.4 Å². The van der Waals surface area contributed by atoms with Crippen LogP contribution in [0.2, 0.25) is 0 Å². The smallest absolute Gasteiger partial charge is 0.876 e. The Kier molecular flexibility index (Phi) is 37.2. The van der Waals surface area contributed by atoms with Gasteiger partial charge in [0.25, 0.3) is 0 Å². The van der Waals surface area contributed by atoms with Crippen LogP contribution < -0.4 is 15.3 Å². The van der Waals surface area contributed by atoms with Crippen LogP contribution in [0.5, 0.6) is 0 Å². The van der Waals surface area contributed by atoms with Crippen LogP contribution in [0.25, 0.3) is 0 Å². The molecule has 4 nitrogen and oxygen atoms in total. The molecule has 0 spiro atoms. The minimum absolute atomic E-state index is 0. The first-order valence-electron chi connectivity index (χ1n) is 4.98. The average Bonchev–Trinajstić information content (AvgIpc) is 2.16. The Hall–Kier alpha value is -0.338. The van der Waals surface area contributed by atoms with E-state index in [1.54, 1.807) is 0 Å². The van der Waals surface area contributed by atoms with Crippen LogP contribution >= 0.6 is 0 Å². The van der Waals surface area contributed by atoms with Gasteiger partial charge in [-0.05, 0) is 13.0 Å². The van der Waals surface area contributed by atoms with Crippen LogP contribution in [0.15, 0.2) is 11.8 Å². The number of allylic oxidation sites excluding steroid dienone is 2. The molecule has 0 N–H and O–H groups in total. The second-order valence-corrected chi connectivity index (χ2v) is 2.77. The van der Waals surface area contributed by atoms with E-state index in [4.69, 9.17) is 0 Å². The van der Waals surface area contributed by atoms with Gasteiger partial charge in [0.05, 0.1) is 0 Å². The van der Waals surface area contributed by atoms with E-state index < -0.39 is 0 Å². The average molecular weight is 244 g/mol. The fraction of sp³-hybridized carbons (Fsp3) is 0.727. The van der Waals surface area contributed by atoms with Crippen molar-refractivity contribution < 1.29 is 20.1 Å². The van der Waals surface area contributed by atoms with Crippen molar-refractivity contribution in [2.45, 2.75) is 40.5 Å². The third-order valence-electron chi connectivity index (χ3n) is 0.815. The number of rotatable bonds is 3. The maximum absolute atomic E-state index is 9.98. The number of hydrogen-bond acceptors (Lipinski definition) is 4. The van der Waals surface area contributed by atoms with Crippen molar-refractivity contribution in [3.05, 3.63) is 11.8 Å². The summed E-state index contributed by atoms with van der Waals surface area (Å²) in [7, 11) is 0. The molecule has 0 amide bonds. The van der Waals surface area contributed by atoms with Crippen LogP contribution in [-0.4, -0.2) is 36.4 Å². The zero-order chi connectivity index (χ0) is 12.7. The van der Waals surface area contributed by atoms with E-state index in [1.807, 2.05) is 13.8 Å². The summed E-state index contributed by atoms with van der Waals surface area (Å²) in [6, 6.07) is 0. The minimum atomic E-state index is -0.187. The van der Waals surface area contributed by atoms with E-state index in [0.717, 1.165) is 18.9 Å². The summed E-state index contributed by atoms with van der Waals surface area (Å²) in [5.41, 5.74) is 0. The topological polar surface area (TPSA) is 86.2 Å². The molecule has 0 saturated heterocycles. The van der Waals surface area contributed by atoms with Gasteiger partial charge in [-0.25, -0.2) is 0 Å². The van der Waals surface area contributed by atoms with Crippen LogP contribution in [0.1, 0.15) is 40.5 Å². The maximum atomic E-state index is 9.98. The monoisotopic (exact) mass is 244 g/mol. The van der Waals surface area contributed by atoms with E-state index >= 15 is 0 Å². The van der Waals surface area contributed by atoms with E-state index in [0.29, 0.717) is 0 Å². The van der Waals surface area contributed by atoms with Gasteiger partial charge < -0.3 is 15.3 Å². The van der Waals surface area contributed by atoms with Gasteiger partial charge in [0.15, 0.2) is 5.78 Å². The van der Waals surface area contributed by atoms with Gasteiger partial charge in [-0.15, -0.1) is 19.0 Å². The molecule has 5 heteroatoms. The molecule has 0 saturated carbocycles. The van der Waals surface area contributed by atoms with Crippen molar-refractivity contribution in [2.24, 2.45) is 0 Å². The quantitative estimate of drug-likeness (QED) is 0.361. The molecule has 0 atom stereocenters. The molecular weight excluding hydrogens is 223 g/mol. The fourth-order valence-corrected chi connectivity index (χ4v) is 0.286. The van der Waals surface area contributed by atoms with Gasteiger partial charge in [0.1, 0.15) is 0 Å². The Morgan fingerprint density at radius 2 is 1.31 bits per heavy atom. The Balaban J connectivity index is -0.0000000700. The summed E-state index contributed by atoms with van der Waals surface area (Å²) in [6.07, 6.45) is 2.58. The van der Waals surface area contributed by atoms with Crippen LogP contribution in [0, 0.1) is 0 Å². The van der Waals surface area contributed by atoms with E-state index in [2.05, 4.69) is 0 Å². The van der Waals surface area contributed by atoms with E-state index in [1.165, 1.54) is 13.8 Å². The standard InChI is InChI=1S/C5H8O2.2C3H7O.Al/c1-4(6)3-5(2)7;2*1-2-3-4;/h3,6H,1-2H3;2*2-3H2,1H3;/q;2*-1;+3/p-1/b4-3-;;;. The molecule has 0 aliphatic heterocycles. The zero-order valence-corrected chi connectivity index (χ0v) is 11.8. The molecular formula is C11H21AlO4. The first kappa shape index (κ1) is 24.8. The van der Waals surface area contributed by atoms with Gasteiger partial charge in [-0.1, -0.05) is 33.6 Å². The van der Waals surface area contributed by atoms with E-state index in [-0.39, 0.29) is 42.1 Å². The number of carbonyl (C=O) groups excluding carboxylic acids is 1. The van der Waals surface area contributed by atoms with E-state index in [9.17, 15) is 20.1 Å². The molecule has 0 bridgehead atoms. The second kappa shape index (κ2) is 24.1. The molecule has 0 unspecified atom stereocenters. The normalized spacial score (nSPS) is 8.75. The number of ketones is 1. The van der Waals surface area contributed by atoms with Crippen molar-refractivity contribution in [1.82, 2.24) is 0 Å². The Labute approximate surface area is 109 Å². The molecule has 0 fully saturated rings. The van der Waals surface area contributed by atoms with Gasteiger partial charge in [0, 0.05) is 0 Å². The Bertz CT molecular complexity index is 146. The molecule has 16 heavy (non-hydrogen) atoms. The number of hydrogen-bond donors (Lipinski definition) is 0. The van der Waals surface area contributed by atoms with Gasteiger partial charge in [-0.3, -0.25) is 4.79 Å². The second-order valence-electron chi connectivity index (χ2n) is 2.77. The minimum Gasteiger partial charge on any atom is -0.876 e. The Morgan fingerprint density at radius 1 is 1.06 bits per heavy atom. The van der Waals surface area contributed by atoms with Crippen molar-refractivity contribution in [3.63, 3.8) is 0 Å². The maximum Gasteiger partial charge on any atom is 3.00 e. The predicted molar refractivity (Wildman–Crippen MR) is 60.5 cm³/mol. The molecule has 0 aliphatic carbocycles. The molecule has 0 aromatic carbocycles.